The number of aliphatic carboxylic acids is 1. The van der Waals surface area contributed by atoms with Crippen LogP contribution in [0.1, 0.15) is 17.5 Å². The number of halogens is 6. The third-order valence-electron chi connectivity index (χ3n) is 4.37. The Balaban J connectivity index is 1.88. The molecular weight excluding hydrogens is 522 g/mol. The molecule has 0 aliphatic rings. The number of carboxylic acid groups (broad SMARTS) is 1. The van der Waals surface area contributed by atoms with E-state index in [0.29, 0.717) is 18.8 Å². The molecule has 0 amide bonds. The van der Waals surface area contributed by atoms with Crippen molar-refractivity contribution in [2.24, 2.45) is 0 Å². The molecule has 0 unspecified atom stereocenters. The van der Waals surface area contributed by atoms with Gasteiger partial charge in [-0.2, -0.15) is 26.3 Å². The van der Waals surface area contributed by atoms with Crippen molar-refractivity contribution in [2.75, 3.05) is 33.0 Å². The molecule has 206 valence electrons. The van der Waals surface area contributed by atoms with E-state index in [1.807, 2.05) is 12.1 Å². The van der Waals surface area contributed by atoms with Gasteiger partial charge in [0, 0.05) is 11.6 Å². The fraction of sp³-hybridized carbons (Fsp3) is 0.346. The summed E-state index contributed by atoms with van der Waals surface area (Å²) in [6.45, 7) is -2.55. The molecule has 0 heterocycles. The van der Waals surface area contributed by atoms with E-state index in [-0.39, 0.29) is 36.7 Å². The highest BCUT2D eigenvalue weighted by atomic mass is 19.4. The van der Waals surface area contributed by atoms with Gasteiger partial charge in [0.05, 0.1) is 19.6 Å². The Kier molecular flexibility index (Phi) is 11.8. The molecule has 6 nitrogen and oxygen atoms in total. The van der Waals surface area contributed by atoms with E-state index in [1.54, 1.807) is 18.2 Å². The van der Waals surface area contributed by atoms with E-state index in [9.17, 15) is 31.1 Å². The van der Waals surface area contributed by atoms with Crippen LogP contribution in [0.4, 0.5) is 26.3 Å². The Morgan fingerprint density at radius 2 is 1.45 bits per heavy atom. The van der Waals surface area contributed by atoms with Crippen molar-refractivity contribution < 1.29 is 55.2 Å². The minimum atomic E-state index is -4.63. The van der Waals surface area contributed by atoms with Crippen molar-refractivity contribution in [2.45, 2.75) is 25.2 Å². The van der Waals surface area contributed by atoms with Crippen molar-refractivity contribution in [1.29, 1.82) is 0 Å². The standard InChI is InChI=1S/C26H24F6O6/c27-25(28,29)17-37-22-14-20(15-23(16-22)38-18-26(30,31)32)4-2-1-3-11-36-21-7-5-19(6-8-21)9-12-35-13-10-24(33)34/h1,3,5-8,14-16H,9-13,17-18H2,(H,33,34)/b3-1+. The number of hydrogen-bond donors (Lipinski definition) is 1. The van der Waals surface area contributed by atoms with Gasteiger partial charge in [0.15, 0.2) is 13.2 Å². The predicted octanol–water partition coefficient (Wildman–Crippen LogP) is 5.59. The largest absolute Gasteiger partial charge is 0.490 e. The summed E-state index contributed by atoms with van der Waals surface area (Å²) < 4.78 is 94.6. The number of allylic oxidation sites excluding steroid dienone is 1. The molecule has 1 N–H and O–H groups in total. The van der Waals surface area contributed by atoms with Crippen LogP contribution in [0.15, 0.2) is 54.6 Å². The lowest BCUT2D eigenvalue weighted by atomic mass is 10.1. The van der Waals surface area contributed by atoms with Crippen LogP contribution in [0.2, 0.25) is 0 Å². The van der Waals surface area contributed by atoms with Gasteiger partial charge in [0.2, 0.25) is 0 Å². The number of alkyl halides is 6. The zero-order chi connectivity index (χ0) is 28.0. The van der Waals surface area contributed by atoms with Gasteiger partial charge in [-0.1, -0.05) is 24.0 Å². The third-order valence-corrected chi connectivity index (χ3v) is 4.37. The Morgan fingerprint density at radius 3 is 2.00 bits per heavy atom. The van der Waals surface area contributed by atoms with E-state index >= 15 is 0 Å². The van der Waals surface area contributed by atoms with E-state index in [1.165, 1.54) is 6.08 Å². The average Bonchev–Trinajstić information content (AvgIpc) is 2.83. The van der Waals surface area contributed by atoms with Crippen LogP contribution >= 0.6 is 0 Å². The molecule has 12 heteroatoms. The smallest absolute Gasteiger partial charge is 0.422 e. The molecular formula is C26H24F6O6. The maximum absolute atomic E-state index is 12.4. The molecule has 0 spiro atoms. The van der Waals surface area contributed by atoms with Crippen LogP contribution in [-0.4, -0.2) is 56.5 Å². The minimum Gasteiger partial charge on any atom is -0.490 e. The fourth-order valence-corrected chi connectivity index (χ4v) is 2.72. The Morgan fingerprint density at radius 1 is 0.842 bits per heavy atom. The van der Waals surface area contributed by atoms with Gasteiger partial charge >= 0.3 is 18.3 Å². The minimum absolute atomic E-state index is 0.0507. The van der Waals surface area contributed by atoms with Crippen molar-refractivity contribution in [3.63, 3.8) is 0 Å². The van der Waals surface area contributed by atoms with Crippen LogP contribution < -0.4 is 14.2 Å². The molecule has 0 atom stereocenters. The quantitative estimate of drug-likeness (QED) is 0.201. The highest BCUT2D eigenvalue weighted by Crippen LogP contribution is 2.26. The summed E-state index contributed by atoms with van der Waals surface area (Å²) >= 11 is 0. The van der Waals surface area contributed by atoms with E-state index in [4.69, 9.17) is 14.6 Å². The van der Waals surface area contributed by atoms with Gasteiger partial charge < -0.3 is 24.1 Å². The highest BCUT2D eigenvalue weighted by molar-refractivity contribution is 5.66. The molecule has 0 aliphatic carbocycles. The topological polar surface area (TPSA) is 74.2 Å². The van der Waals surface area contributed by atoms with Crippen LogP contribution in [0.25, 0.3) is 0 Å². The monoisotopic (exact) mass is 546 g/mol. The second kappa shape index (κ2) is 14.8. The molecule has 0 radical (unpaired) electrons. The number of carboxylic acids is 1. The Bertz CT molecular complexity index is 1080. The molecule has 2 aromatic rings. The van der Waals surface area contributed by atoms with Gasteiger partial charge in [0.1, 0.15) is 23.9 Å². The normalized spacial score (nSPS) is 11.6. The fourth-order valence-electron chi connectivity index (χ4n) is 2.72. The van der Waals surface area contributed by atoms with Gasteiger partial charge in [0.25, 0.3) is 0 Å². The Labute approximate surface area is 214 Å². The van der Waals surface area contributed by atoms with Crippen molar-refractivity contribution in [3.8, 4) is 29.1 Å². The molecule has 0 fully saturated rings. The van der Waals surface area contributed by atoms with E-state index in [2.05, 4.69) is 21.3 Å². The third kappa shape index (κ3) is 14.0. The van der Waals surface area contributed by atoms with Gasteiger partial charge in [-0.15, -0.1) is 0 Å². The summed E-state index contributed by atoms with van der Waals surface area (Å²) in [7, 11) is 0. The van der Waals surface area contributed by atoms with Crippen LogP contribution in [-0.2, 0) is 16.0 Å². The zero-order valence-electron chi connectivity index (χ0n) is 19.9. The van der Waals surface area contributed by atoms with Crippen LogP contribution in [0, 0.1) is 11.8 Å². The average molecular weight is 546 g/mol. The lowest BCUT2D eigenvalue weighted by Crippen LogP contribution is -2.20. The van der Waals surface area contributed by atoms with Gasteiger partial charge in [-0.25, -0.2) is 0 Å². The molecule has 0 saturated heterocycles. The molecule has 2 aromatic carbocycles. The first-order valence-electron chi connectivity index (χ1n) is 11.1. The molecule has 2 rings (SSSR count). The zero-order valence-corrected chi connectivity index (χ0v) is 19.9. The maximum atomic E-state index is 12.4. The van der Waals surface area contributed by atoms with Crippen molar-refractivity contribution in [3.05, 3.63) is 65.7 Å². The highest BCUT2D eigenvalue weighted by Gasteiger charge is 2.29. The molecule has 0 aromatic heterocycles. The summed E-state index contributed by atoms with van der Waals surface area (Å²) in [5.74, 6) is 4.21. The number of hydrogen-bond acceptors (Lipinski definition) is 5. The molecule has 0 saturated carbocycles. The summed E-state index contributed by atoms with van der Waals surface area (Å²) in [6, 6.07) is 10.4. The second-order valence-corrected chi connectivity index (χ2v) is 7.63. The van der Waals surface area contributed by atoms with E-state index in [0.717, 1.165) is 23.8 Å². The first-order valence-corrected chi connectivity index (χ1v) is 11.1. The van der Waals surface area contributed by atoms with Gasteiger partial charge in [-0.3, -0.25) is 4.79 Å². The molecule has 0 aliphatic heterocycles. The number of benzene rings is 2. The lowest BCUT2D eigenvalue weighted by molar-refractivity contribution is -0.154. The van der Waals surface area contributed by atoms with Crippen molar-refractivity contribution >= 4 is 5.97 Å². The first kappa shape index (κ1) is 30.4. The number of rotatable bonds is 13. The number of carbonyl (C=O) groups is 1. The first-order chi connectivity index (χ1) is 17.9. The maximum Gasteiger partial charge on any atom is 0.422 e. The molecule has 0 bridgehead atoms. The van der Waals surface area contributed by atoms with Crippen LogP contribution in [0.3, 0.4) is 0 Å². The van der Waals surface area contributed by atoms with Crippen LogP contribution in [0.5, 0.6) is 17.2 Å². The van der Waals surface area contributed by atoms with Crippen molar-refractivity contribution in [1.82, 2.24) is 0 Å². The predicted molar refractivity (Wildman–Crippen MR) is 124 cm³/mol. The number of ether oxygens (including phenoxy) is 4. The Hall–Kier alpha value is -3.85. The summed E-state index contributed by atoms with van der Waals surface area (Å²) in [4.78, 5) is 10.4. The summed E-state index contributed by atoms with van der Waals surface area (Å²) in [5.41, 5.74) is 1.07. The summed E-state index contributed by atoms with van der Waals surface area (Å²) in [5, 5.41) is 8.55. The second-order valence-electron chi connectivity index (χ2n) is 7.63. The molecule has 38 heavy (non-hydrogen) atoms. The van der Waals surface area contributed by atoms with Gasteiger partial charge in [-0.05, 0) is 48.4 Å². The summed E-state index contributed by atoms with van der Waals surface area (Å²) in [6.07, 6.45) is -5.71. The van der Waals surface area contributed by atoms with E-state index < -0.39 is 31.5 Å². The SMILES string of the molecule is O=C(O)CCOCCc1ccc(OC/C=C/C#Cc2cc(OCC(F)(F)F)cc(OCC(F)(F)F)c2)cc1. The lowest BCUT2D eigenvalue weighted by Gasteiger charge is -2.13.